The normalized spacial score (nSPS) is 17.8. The lowest BCUT2D eigenvalue weighted by Crippen LogP contribution is -2.41. The number of benzene rings is 2. The molecule has 2 saturated heterocycles. The molecule has 3 aromatic rings. The average Bonchev–Trinajstić information content (AvgIpc) is 3.37. The number of amides is 2. The Morgan fingerprint density at radius 1 is 0.944 bits per heavy atom. The lowest BCUT2D eigenvalue weighted by molar-refractivity contribution is 0.0655. The number of ether oxygens (including phenoxy) is 1. The summed E-state index contributed by atoms with van der Waals surface area (Å²) < 4.78 is 37.8. The maximum absolute atomic E-state index is 12.8. The first-order chi connectivity index (χ1) is 17.4. The molecule has 2 amide bonds. The van der Waals surface area contributed by atoms with Gasteiger partial charge < -0.3 is 19.4 Å². The fourth-order valence-electron chi connectivity index (χ4n) is 4.64. The highest BCUT2D eigenvalue weighted by atomic mass is 32.2. The third-order valence-corrected chi connectivity index (χ3v) is 8.73. The van der Waals surface area contributed by atoms with Gasteiger partial charge in [0.15, 0.2) is 5.76 Å². The van der Waals surface area contributed by atoms with Crippen LogP contribution >= 0.6 is 0 Å². The summed E-state index contributed by atoms with van der Waals surface area (Å²) in [6.45, 7) is 3.12. The Kier molecular flexibility index (Phi) is 7.08. The molecular weight excluding hydrogens is 482 g/mol. The summed E-state index contributed by atoms with van der Waals surface area (Å²) in [5, 5.41) is 3.85. The van der Waals surface area contributed by atoms with Gasteiger partial charge in [0.2, 0.25) is 10.0 Å². The van der Waals surface area contributed by atoms with Gasteiger partial charge in [-0.05, 0) is 55.2 Å². The monoisotopic (exact) mass is 511 g/mol. The smallest absolute Gasteiger partial charge is 0.289 e. The predicted octanol–water partition coefficient (Wildman–Crippen LogP) is 2.74. The van der Waals surface area contributed by atoms with Gasteiger partial charge in [0.1, 0.15) is 5.58 Å². The van der Waals surface area contributed by atoms with E-state index in [9.17, 15) is 18.0 Å². The Morgan fingerprint density at radius 3 is 2.33 bits per heavy atom. The van der Waals surface area contributed by atoms with Crippen LogP contribution in [0.3, 0.4) is 0 Å². The standard InChI is InChI=1S/C26H29N3O6S/c30-25(20-5-7-22(8-6-20)36(32,33)29-13-15-34-16-14-29)27-18-19-9-11-28(12-10-19)26(31)24-17-21-3-1-2-4-23(21)35-24/h1-8,17,19H,9-16,18H2,(H,27,30). The van der Waals surface area contributed by atoms with Crippen molar-refractivity contribution in [3.63, 3.8) is 0 Å². The van der Waals surface area contributed by atoms with Crippen molar-refractivity contribution < 1.29 is 27.2 Å². The number of carbonyl (C=O) groups excluding carboxylic acids is 2. The van der Waals surface area contributed by atoms with Crippen LogP contribution in [-0.4, -0.2) is 75.4 Å². The number of nitrogens with one attached hydrogen (secondary N) is 1. The van der Waals surface area contributed by atoms with Crippen LogP contribution in [-0.2, 0) is 14.8 Å². The molecule has 9 nitrogen and oxygen atoms in total. The zero-order valence-corrected chi connectivity index (χ0v) is 20.7. The quantitative estimate of drug-likeness (QED) is 0.545. The van der Waals surface area contributed by atoms with Gasteiger partial charge in [0.25, 0.3) is 11.8 Å². The molecule has 0 aliphatic carbocycles. The van der Waals surface area contributed by atoms with Crippen LogP contribution in [0, 0.1) is 5.92 Å². The van der Waals surface area contributed by atoms with Gasteiger partial charge in [-0.3, -0.25) is 9.59 Å². The molecule has 0 atom stereocenters. The van der Waals surface area contributed by atoms with Crippen LogP contribution in [0.25, 0.3) is 11.0 Å². The van der Waals surface area contributed by atoms with Gasteiger partial charge in [-0.1, -0.05) is 18.2 Å². The minimum absolute atomic E-state index is 0.110. The summed E-state index contributed by atoms with van der Waals surface area (Å²) in [5.41, 5.74) is 1.11. The van der Waals surface area contributed by atoms with Crippen LogP contribution in [0.5, 0.6) is 0 Å². The second-order valence-corrected chi connectivity index (χ2v) is 11.1. The minimum atomic E-state index is -3.59. The number of hydrogen-bond donors (Lipinski definition) is 1. The Hall–Kier alpha value is -3.21. The molecule has 1 aromatic heterocycles. The zero-order valence-electron chi connectivity index (χ0n) is 19.9. The number of para-hydroxylation sites is 1. The number of morpholine rings is 1. The molecule has 36 heavy (non-hydrogen) atoms. The summed E-state index contributed by atoms with van der Waals surface area (Å²) in [6, 6.07) is 15.4. The predicted molar refractivity (Wildman–Crippen MR) is 133 cm³/mol. The van der Waals surface area contributed by atoms with Crippen molar-refractivity contribution in [1.82, 2.24) is 14.5 Å². The fourth-order valence-corrected chi connectivity index (χ4v) is 6.04. The third-order valence-electron chi connectivity index (χ3n) is 6.81. The maximum Gasteiger partial charge on any atom is 0.289 e. The summed E-state index contributed by atoms with van der Waals surface area (Å²) >= 11 is 0. The molecule has 0 saturated carbocycles. The fraction of sp³-hybridized carbons (Fsp3) is 0.385. The summed E-state index contributed by atoms with van der Waals surface area (Å²) in [7, 11) is -3.59. The first kappa shape index (κ1) is 24.5. The number of rotatable bonds is 6. The number of furan rings is 1. The first-order valence-electron chi connectivity index (χ1n) is 12.2. The maximum atomic E-state index is 12.8. The van der Waals surface area contributed by atoms with Crippen molar-refractivity contribution in [2.24, 2.45) is 5.92 Å². The minimum Gasteiger partial charge on any atom is -0.451 e. The summed E-state index contributed by atoms with van der Waals surface area (Å²) in [4.78, 5) is 27.4. The van der Waals surface area contributed by atoms with Gasteiger partial charge in [-0.25, -0.2) is 8.42 Å². The number of likely N-dealkylation sites (tertiary alicyclic amines) is 1. The number of nitrogens with zero attached hydrogens (tertiary/aromatic N) is 2. The van der Waals surface area contributed by atoms with E-state index in [1.807, 2.05) is 24.3 Å². The second-order valence-electron chi connectivity index (χ2n) is 9.13. The van der Waals surface area contributed by atoms with E-state index in [4.69, 9.17) is 9.15 Å². The van der Waals surface area contributed by atoms with Gasteiger partial charge in [0, 0.05) is 43.7 Å². The van der Waals surface area contributed by atoms with Crippen LogP contribution in [0.4, 0.5) is 0 Å². The number of hydrogen-bond acceptors (Lipinski definition) is 6. The molecule has 3 heterocycles. The first-order valence-corrected chi connectivity index (χ1v) is 13.6. The topological polar surface area (TPSA) is 109 Å². The lowest BCUT2D eigenvalue weighted by atomic mass is 9.96. The third kappa shape index (κ3) is 5.16. The lowest BCUT2D eigenvalue weighted by Gasteiger charge is -2.31. The molecule has 0 radical (unpaired) electrons. The SMILES string of the molecule is O=C(NCC1CCN(C(=O)c2cc3ccccc3o2)CC1)c1ccc(S(=O)(=O)N2CCOCC2)cc1. The number of carbonyl (C=O) groups is 2. The van der Waals surface area contributed by atoms with Crippen LogP contribution < -0.4 is 5.32 Å². The average molecular weight is 512 g/mol. The van der Waals surface area contributed by atoms with Gasteiger partial charge in [0.05, 0.1) is 18.1 Å². The van der Waals surface area contributed by atoms with Crippen molar-refractivity contribution >= 4 is 32.8 Å². The molecular formula is C26H29N3O6S. The van der Waals surface area contributed by atoms with Crippen molar-refractivity contribution in [2.45, 2.75) is 17.7 Å². The molecule has 2 aromatic carbocycles. The summed E-state index contributed by atoms with van der Waals surface area (Å²) in [6.07, 6.45) is 1.56. The molecule has 2 aliphatic rings. The van der Waals surface area contributed by atoms with Crippen LogP contribution in [0.15, 0.2) is 63.9 Å². The molecule has 0 spiro atoms. The Bertz CT molecular complexity index is 1300. The van der Waals surface area contributed by atoms with E-state index >= 15 is 0 Å². The Labute approximate surface area is 210 Å². The second kappa shape index (κ2) is 10.4. The zero-order chi connectivity index (χ0) is 25.1. The van der Waals surface area contributed by atoms with Crippen LogP contribution in [0.1, 0.15) is 33.8 Å². The molecule has 0 bridgehead atoms. The molecule has 1 N–H and O–H groups in total. The molecule has 2 aliphatic heterocycles. The number of piperidine rings is 1. The number of sulfonamides is 1. The van der Waals surface area contributed by atoms with E-state index in [1.54, 1.807) is 11.0 Å². The van der Waals surface area contributed by atoms with E-state index in [2.05, 4.69) is 5.32 Å². The van der Waals surface area contributed by atoms with Gasteiger partial charge in [-0.15, -0.1) is 0 Å². The van der Waals surface area contributed by atoms with Crippen molar-refractivity contribution in [3.8, 4) is 0 Å². The molecule has 2 fully saturated rings. The highest BCUT2D eigenvalue weighted by Gasteiger charge is 2.27. The van der Waals surface area contributed by atoms with Crippen LogP contribution in [0.2, 0.25) is 0 Å². The van der Waals surface area contributed by atoms with Crippen molar-refractivity contribution in [2.75, 3.05) is 45.9 Å². The molecule has 0 unspecified atom stereocenters. The Balaban J connectivity index is 1.11. The number of fused-ring (bicyclic) bond motifs is 1. The molecule has 10 heteroatoms. The van der Waals surface area contributed by atoms with Crippen molar-refractivity contribution in [1.29, 1.82) is 0 Å². The molecule has 5 rings (SSSR count). The van der Waals surface area contributed by atoms with Crippen molar-refractivity contribution in [3.05, 3.63) is 65.9 Å². The van der Waals surface area contributed by atoms with E-state index in [-0.39, 0.29) is 22.6 Å². The van der Waals surface area contributed by atoms with Gasteiger partial charge >= 0.3 is 0 Å². The Morgan fingerprint density at radius 2 is 1.64 bits per heavy atom. The highest BCUT2D eigenvalue weighted by molar-refractivity contribution is 7.89. The largest absolute Gasteiger partial charge is 0.451 e. The van der Waals surface area contributed by atoms with E-state index < -0.39 is 10.0 Å². The highest BCUT2D eigenvalue weighted by Crippen LogP contribution is 2.23. The molecule has 190 valence electrons. The summed E-state index contributed by atoms with van der Waals surface area (Å²) in [5.74, 6) is 0.253. The van der Waals surface area contributed by atoms with E-state index in [0.717, 1.165) is 18.2 Å². The van der Waals surface area contributed by atoms with E-state index in [0.29, 0.717) is 62.8 Å². The van der Waals surface area contributed by atoms with Gasteiger partial charge in [-0.2, -0.15) is 4.31 Å². The van der Waals surface area contributed by atoms with E-state index in [1.165, 1.54) is 28.6 Å².